The molecule has 1 unspecified atom stereocenters. The maximum absolute atomic E-state index is 12.1. The number of nitrogens with one attached hydrogen (secondary N) is 1. The molecule has 1 aliphatic heterocycles. The van der Waals surface area contributed by atoms with E-state index < -0.39 is 24.0 Å². The van der Waals surface area contributed by atoms with Crippen molar-refractivity contribution >= 4 is 41.3 Å². The van der Waals surface area contributed by atoms with E-state index in [4.69, 9.17) is 16.3 Å². The van der Waals surface area contributed by atoms with Gasteiger partial charge in [-0.2, -0.15) is 0 Å². The molecule has 22 heavy (non-hydrogen) atoms. The SMILES string of the molecule is CSc1ncc(Cl)c(C(=O)OC(C)C(=O)N2CCNC2=O)n1. The van der Waals surface area contributed by atoms with Crippen LogP contribution in [0.15, 0.2) is 11.4 Å². The van der Waals surface area contributed by atoms with Crippen molar-refractivity contribution in [2.75, 3.05) is 19.3 Å². The summed E-state index contributed by atoms with van der Waals surface area (Å²) < 4.78 is 5.05. The molecule has 0 bridgehead atoms. The molecule has 8 nitrogen and oxygen atoms in total. The van der Waals surface area contributed by atoms with E-state index in [1.807, 2.05) is 0 Å². The molecule has 10 heteroatoms. The molecule has 1 aliphatic rings. The number of carbonyl (C=O) groups is 3. The molecule has 2 heterocycles. The first kappa shape index (κ1) is 16.5. The Morgan fingerprint density at radius 3 is 2.86 bits per heavy atom. The highest BCUT2D eigenvalue weighted by Crippen LogP contribution is 2.18. The zero-order chi connectivity index (χ0) is 16.3. The van der Waals surface area contributed by atoms with Crippen LogP contribution in [-0.4, -0.2) is 58.2 Å². The van der Waals surface area contributed by atoms with Crippen LogP contribution in [0.3, 0.4) is 0 Å². The molecule has 0 radical (unpaired) electrons. The van der Waals surface area contributed by atoms with Crippen molar-refractivity contribution in [3.05, 3.63) is 16.9 Å². The number of hydrogen-bond acceptors (Lipinski definition) is 7. The smallest absolute Gasteiger partial charge is 0.359 e. The van der Waals surface area contributed by atoms with Crippen LogP contribution < -0.4 is 5.32 Å². The van der Waals surface area contributed by atoms with Gasteiger partial charge in [0.05, 0.1) is 11.2 Å². The first-order valence-corrected chi connectivity index (χ1v) is 7.91. The van der Waals surface area contributed by atoms with Gasteiger partial charge in [-0.25, -0.2) is 19.6 Å². The van der Waals surface area contributed by atoms with Crippen molar-refractivity contribution in [1.29, 1.82) is 0 Å². The van der Waals surface area contributed by atoms with Gasteiger partial charge in [-0.15, -0.1) is 0 Å². The number of halogens is 1. The molecule has 1 fully saturated rings. The van der Waals surface area contributed by atoms with Gasteiger partial charge in [0.15, 0.2) is 17.0 Å². The molecule has 2 rings (SSSR count). The van der Waals surface area contributed by atoms with E-state index in [1.54, 1.807) is 6.26 Å². The van der Waals surface area contributed by atoms with Crippen LogP contribution in [0, 0.1) is 0 Å². The molecular formula is C12H13ClN4O4S. The third-order valence-corrected chi connectivity index (χ3v) is 3.69. The standard InChI is InChI=1S/C12H13ClN4O4S/c1-6(9(18)17-4-3-14-12(17)20)21-10(19)8-7(13)5-15-11(16-8)22-2/h5-6H,3-4H2,1-2H3,(H,14,20). The average Bonchev–Trinajstić information content (AvgIpc) is 2.92. The van der Waals surface area contributed by atoms with Gasteiger partial charge in [-0.3, -0.25) is 9.69 Å². The number of urea groups is 1. The monoisotopic (exact) mass is 344 g/mol. The second-order valence-electron chi connectivity index (χ2n) is 4.32. The van der Waals surface area contributed by atoms with Gasteiger partial charge in [0.1, 0.15) is 0 Å². The van der Waals surface area contributed by atoms with Crippen molar-refractivity contribution in [2.24, 2.45) is 0 Å². The summed E-state index contributed by atoms with van der Waals surface area (Å²) in [5.74, 6) is -1.44. The van der Waals surface area contributed by atoms with Crippen molar-refractivity contribution in [3.63, 3.8) is 0 Å². The summed E-state index contributed by atoms with van der Waals surface area (Å²) in [7, 11) is 0. The number of amides is 3. The van der Waals surface area contributed by atoms with Gasteiger partial charge in [-0.1, -0.05) is 23.4 Å². The minimum Gasteiger partial charge on any atom is -0.448 e. The molecule has 118 valence electrons. The van der Waals surface area contributed by atoms with E-state index in [0.717, 1.165) is 4.90 Å². The van der Waals surface area contributed by atoms with Gasteiger partial charge in [0, 0.05) is 13.1 Å². The second kappa shape index (κ2) is 6.93. The van der Waals surface area contributed by atoms with E-state index in [9.17, 15) is 14.4 Å². The lowest BCUT2D eigenvalue weighted by Gasteiger charge is -2.18. The van der Waals surface area contributed by atoms with Gasteiger partial charge in [-0.05, 0) is 13.2 Å². The molecule has 1 saturated heterocycles. The molecule has 0 aliphatic carbocycles. The molecule has 0 saturated carbocycles. The van der Waals surface area contributed by atoms with Crippen LogP contribution in [0.4, 0.5) is 4.79 Å². The van der Waals surface area contributed by atoms with Gasteiger partial charge in [0.2, 0.25) is 0 Å². The maximum Gasteiger partial charge on any atom is 0.359 e. The quantitative estimate of drug-likeness (QED) is 0.493. The largest absolute Gasteiger partial charge is 0.448 e. The van der Waals surface area contributed by atoms with E-state index in [2.05, 4.69) is 15.3 Å². The van der Waals surface area contributed by atoms with Gasteiger partial charge < -0.3 is 10.1 Å². The Morgan fingerprint density at radius 2 is 2.27 bits per heavy atom. The number of rotatable bonds is 4. The molecule has 3 amide bonds. The van der Waals surface area contributed by atoms with Crippen LogP contribution >= 0.6 is 23.4 Å². The number of ether oxygens (including phenoxy) is 1. The van der Waals surface area contributed by atoms with Gasteiger partial charge >= 0.3 is 12.0 Å². The van der Waals surface area contributed by atoms with Crippen molar-refractivity contribution in [3.8, 4) is 0 Å². The van der Waals surface area contributed by atoms with E-state index in [-0.39, 0.29) is 17.3 Å². The first-order chi connectivity index (χ1) is 10.4. The molecular weight excluding hydrogens is 332 g/mol. The van der Waals surface area contributed by atoms with Crippen molar-refractivity contribution in [1.82, 2.24) is 20.2 Å². The lowest BCUT2D eigenvalue weighted by molar-refractivity contribution is -0.136. The molecule has 1 aromatic rings. The summed E-state index contributed by atoms with van der Waals surface area (Å²) in [5.41, 5.74) is -0.119. The molecule has 0 spiro atoms. The zero-order valence-electron chi connectivity index (χ0n) is 11.8. The predicted octanol–water partition coefficient (Wildman–Crippen LogP) is 0.949. The Morgan fingerprint density at radius 1 is 1.55 bits per heavy atom. The third-order valence-electron chi connectivity index (χ3n) is 2.85. The zero-order valence-corrected chi connectivity index (χ0v) is 13.4. The number of imide groups is 1. The van der Waals surface area contributed by atoms with Crippen LogP contribution in [0.25, 0.3) is 0 Å². The Labute approximate surface area is 135 Å². The lowest BCUT2D eigenvalue weighted by atomic mass is 10.3. The van der Waals surface area contributed by atoms with Gasteiger partial charge in [0.25, 0.3) is 5.91 Å². The van der Waals surface area contributed by atoms with Crippen LogP contribution in [0.1, 0.15) is 17.4 Å². The van der Waals surface area contributed by atoms with E-state index >= 15 is 0 Å². The summed E-state index contributed by atoms with van der Waals surface area (Å²) in [6.07, 6.45) is 1.91. The number of thioether (sulfide) groups is 1. The van der Waals surface area contributed by atoms with Crippen LogP contribution in [0.5, 0.6) is 0 Å². The summed E-state index contributed by atoms with van der Waals surface area (Å²) in [5, 5.41) is 2.88. The highest BCUT2D eigenvalue weighted by atomic mass is 35.5. The number of nitrogens with zero attached hydrogens (tertiary/aromatic N) is 3. The minimum absolute atomic E-state index is 0.0290. The Kier molecular flexibility index (Phi) is 5.19. The Hall–Kier alpha value is -1.87. The molecule has 0 aromatic carbocycles. The van der Waals surface area contributed by atoms with Crippen LogP contribution in [0.2, 0.25) is 5.02 Å². The predicted molar refractivity (Wildman–Crippen MR) is 78.8 cm³/mol. The fraction of sp³-hybridized carbons (Fsp3) is 0.417. The van der Waals surface area contributed by atoms with E-state index in [0.29, 0.717) is 11.7 Å². The molecule has 1 N–H and O–H groups in total. The topological polar surface area (TPSA) is 101 Å². The number of esters is 1. The van der Waals surface area contributed by atoms with E-state index in [1.165, 1.54) is 24.9 Å². The highest BCUT2D eigenvalue weighted by Gasteiger charge is 2.32. The lowest BCUT2D eigenvalue weighted by Crippen LogP contribution is -2.41. The number of aromatic nitrogens is 2. The average molecular weight is 345 g/mol. The Bertz CT molecular complexity index is 627. The van der Waals surface area contributed by atoms with Crippen molar-refractivity contribution < 1.29 is 19.1 Å². The maximum atomic E-state index is 12.1. The molecule has 1 aromatic heterocycles. The summed E-state index contributed by atoms with van der Waals surface area (Å²) in [6, 6.07) is -0.502. The third kappa shape index (κ3) is 3.47. The summed E-state index contributed by atoms with van der Waals surface area (Å²) >= 11 is 7.11. The fourth-order valence-electron chi connectivity index (χ4n) is 1.76. The first-order valence-electron chi connectivity index (χ1n) is 6.30. The van der Waals surface area contributed by atoms with Crippen molar-refractivity contribution in [2.45, 2.75) is 18.2 Å². The number of hydrogen-bond donors (Lipinski definition) is 1. The minimum atomic E-state index is -1.12. The summed E-state index contributed by atoms with van der Waals surface area (Å²) in [4.78, 5) is 44.4. The normalized spacial score (nSPS) is 15.4. The van der Waals surface area contributed by atoms with Crippen LogP contribution in [-0.2, 0) is 9.53 Å². The molecule has 1 atom stereocenters. The second-order valence-corrected chi connectivity index (χ2v) is 5.50. The summed E-state index contributed by atoms with van der Waals surface area (Å²) in [6.45, 7) is 2.00. The highest BCUT2D eigenvalue weighted by molar-refractivity contribution is 7.98. The Balaban J connectivity index is 2.08. The fourth-order valence-corrected chi connectivity index (χ4v) is 2.27. The number of carbonyl (C=O) groups excluding carboxylic acids is 3.